The van der Waals surface area contributed by atoms with Gasteiger partial charge in [0.25, 0.3) is 5.91 Å². The largest absolute Gasteiger partial charge is 0.337 e. The molecule has 33 heavy (non-hydrogen) atoms. The van der Waals surface area contributed by atoms with Gasteiger partial charge in [0.1, 0.15) is 4.91 Å². The summed E-state index contributed by atoms with van der Waals surface area (Å²) in [6, 6.07) is 24.7. The van der Waals surface area contributed by atoms with Crippen molar-refractivity contribution in [2.75, 3.05) is 18.5 Å². The molecule has 1 fully saturated rings. The van der Waals surface area contributed by atoms with Gasteiger partial charge in [-0.2, -0.15) is 0 Å². The first-order chi connectivity index (χ1) is 16.0. The summed E-state index contributed by atoms with van der Waals surface area (Å²) in [6.45, 7) is 4.78. The van der Waals surface area contributed by atoms with Crippen molar-refractivity contribution in [2.24, 2.45) is 4.99 Å². The number of hydrogen-bond acceptors (Lipinski definition) is 5. The summed E-state index contributed by atoms with van der Waals surface area (Å²) in [7, 11) is 2.03. The smallest absolute Gasteiger partial charge is 0.269 e. The molecule has 6 heteroatoms. The maximum absolute atomic E-state index is 13.7. The van der Waals surface area contributed by atoms with Crippen LogP contribution in [0.15, 0.2) is 92.6 Å². The maximum Gasteiger partial charge on any atom is 0.269 e. The predicted molar refractivity (Wildman–Crippen MR) is 140 cm³/mol. The molecule has 0 spiro atoms. The number of anilines is 1. The van der Waals surface area contributed by atoms with Crippen LogP contribution in [0, 0.1) is 13.8 Å². The summed E-state index contributed by atoms with van der Waals surface area (Å²) in [5, 5.41) is 1.72. The Bertz CT molecular complexity index is 1280. The van der Waals surface area contributed by atoms with E-state index in [-0.39, 0.29) is 5.91 Å². The van der Waals surface area contributed by atoms with Crippen molar-refractivity contribution in [3.8, 4) is 0 Å². The third-order valence-electron chi connectivity index (χ3n) is 5.98. The van der Waals surface area contributed by atoms with Crippen LogP contribution in [0.2, 0.25) is 0 Å². The molecule has 1 amide bonds. The molecule has 2 aliphatic rings. The fraction of sp³-hybridized carbons (Fsp3) is 0.185. The Balaban J connectivity index is 1.51. The topological polar surface area (TPSA) is 35.9 Å². The predicted octanol–water partition coefficient (Wildman–Crippen LogP) is 6.52. The molecule has 3 aromatic rings. The number of benzene rings is 3. The van der Waals surface area contributed by atoms with Crippen LogP contribution >= 0.6 is 23.5 Å². The summed E-state index contributed by atoms with van der Waals surface area (Å²) in [4.78, 5) is 24.5. The van der Waals surface area contributed by atoms with Crippen LogP contribution in [-0.2, 0) is 11.2 Å². The zero-order valence-corrected chi connectivity index (χ0v) is 20.5. The molecule has 0 saturated carbocycles. The van der Waals surface area contributed by atoms with E-state index in [0.29, 0.717) is 6.54 Å². The summed E-state index contributed by atoms with van der Waals surface area (Å²) in [5.41, 5.74) is 5.65. The lowest BCUT2D eigenvalue weighted by atomic mass is 10.1. The number of carbonyl (C=O) groups is 1. The van der Waals surface area contributed by atoms with Crippen molar-refractivity contribution < 1.29 is 4.79 Å². The normalized spacial score (nSPS) is 19.0. The number of carbonyl (C=O) groups excluding carboxylic acids is 1. The van der Waals surface area contributed by atoms with Gasteiger partial charge in [0.2, 0.25) is 0 Å². The van der Waals surface area contributed by atoms with Crippen molar-refractivity contribution in [1.29, 1.82) is 0 Å². The number of hydrogen-bond donors (Lipinski definition) is 0. The van der Waals surface area contributed by atoms with Crippen molar-refractivity contribution >= 4 is 46.0 Å². The minimum absolute atomic E-state index is 0.0284. The highest BCUT2D eigenvalue weighted by Gasteiger charge is 2.38. The number of para-hydroxylation sites is 1. The minimum Gasteiger partial charge on any atom is -0.337 e. The second kappa shape index (κ2) is 9.12. The number of amides is 1. The number of amidine groups is 1. The van der Waals surface area contributed by atoms with E-state index in [2.05, 4.69) is 55.1 Å². The number of thioether (sulfide) groups is 2. The fourth-order valence-corrected chi connectivity index (χ4v) is 6.28. The van der Waals surface area contributed by atoms with Crippen molar-refractivity contribution in [3.05, 3.63) is 99.4 Å². The van der Waals surface area contributed by atoms with Gasteiger partial charge in [-0.05, 0) is 73.0 Å². The lowest BCUT2D eigenvalue weighted by molar-refractivity contribution is -0.122. The van der Waals surface area contributed by atoms with Crippen LogP contribution in [-0.4, -0.2) is 29.6 Å². The first-order valence-corrected chi connectivity index (χ1v) is 12.6. The minimum atomic E-state index is 0.0284. The SMILES string of the molecule is Cc1ccc(N=C2SC(=C3Sc4ccccc4N3C)C(=O)N2CCc2ccccc2)cc1C. The molecule has 0 atom stereocenters. The van der Waals surface area contributed by atoms with Crippen LogP contribution in [0.25, 0.3) is 0 Å². The first-order valence-electron chi connectivity index (χ1n) is 11.0. The third kappa shape index (κ3) is 4.33. The molecule has 0 bridgehead atoms. The average molecular weight is 472 g/mol. The maximum atomic E-state index is 13.7. The first kappa shape index (κ1) is 21.9. The average Bonchev–Trinajstić information content (AvgIpc) is 3.32. The summed E-state index contributed by atoms with van der Waals surface area (Å²) >= 11 is 3.14. The molecule has 5 rings (SSSR count). The molecule has 0 radical (unpaired) electrons. The molecule has 0 unspecified atom stereocenters. The Kier molecular flexibility index (Phi) is 6.04. The number of aliphatic imine (C=N–C) groups is 1. The van der Waals surface area contributed by atoms with Crippen LogP contribution in [0.1, 0.15) is 16.7 Å². The Morgan fingerprint density at radius 1 is 0.879 bits per heavy atom. The molecule has 0 N–H and O–H groups in total. The molecular weight excluding hydrogens is 446 g/mol. The zero-order chi connectivity index (χ0) is 22.9. The number of fused-ring (bicyclic) bond motifs is 1. The van der Waals surface area contributed by atoms with Crippen LogP contribution < -0.4 is 4.90 Å². The Labute approximate surface area is 203 Å². The quantitative estimate of drug-likeness (QED) is 0.406. The van der Waals surface area contributed by atoms with E-state index in [4.69, 9.17) is 4.99 Å². The number of nitrogens with zero attached hydrogens (tertiary/aromatic N) is 3. The molecule has 0 aliphatic carbocycles. The second-order valence-electron chi connectivity index (χ2n) is 8.22. The van der Waals surface area contributed by atoms with Crippen LogP contribution in [0.4, 0.5) is 11.4 Å². The molecule has 0 aromatic heterocycles. The van der Waals surface area contributed by atoms with E-state index in [1.165, 1.54) is 33.3 Å². The van der Waals surface area contributed by atoms with Gasteiger partial charge in [-0.15, -0.1) is 0 Å². The third-order valence-corrected chi connectivity index (χ3v) is 8.41. The monoisotopic (exact) mass is 471 g/mol. The van der Waals surface area contributed by atoms with Gasteiger partial charge in [-0.1, -0.05) is 60.3 Å². The molecule has 2 aliphatic heterocycles. The molecule has 2 heterocycles. The van der Waals surface area contributed by atoms with Crippen molar-refractivity contribution in [3.63, 3.8) is 0 Å². The highest BCUT2D eigenvalue weighted by atomic mass is 32.2. The number of rotatable bonds is 4. The van der Waals surface area contributed by atoms with Gasteiger partial charge >= 0.3 is 0 Å². The lowest BCUT2D eigenvalue weighted by Crippen LogP contribution is -2.31. The highest BCUT2D eigenvalue weighted by Crippen LogP contribution is 2.50. The van der Waals surface area contributed by atoms with E-state index in [1.807, 2.05) is 48.3 Å². The van der Waals surface area contributed by atoms with Gasteiger partial charge in [0.05, 0.1) is 16.4 Å². The van der Waals surface area contributed by atoms with E-state index >= 15 is 0 Å². The fourth-order valence-electron chi connectivity index (χ4n) is 3.91. The van der Waals surface area contributed by atoms with Crippen molar-refractivity contribution in [2.45, 2.75) is 25.2 Å². The summed E-state index contributed by atoms with van der Waals surface area (Å²) in [5.74, 6) is 0.0284. The van der Waals surface area contributed by atoms with Crippen LogP contribution in [0.3, 0.4) is 0 Å². The lowest BCUT2D eigenvalue weighted by Gasteiger charge is -2.17. The van der Waals surface area contributed by atoms with E-state index in [1.54, 1.807) is 11.8 Å². The van der Waals surface area contributed by atoms with Crippen LogP contribution in [0.5, 0.6) is 0 Å². The van der Waals surface area contributed by atoms with E-state index in [9.17, 15) is 4.79 Å². The van der Waals surface area contributed by atoms with Gasteiger partial charge in [-0.25, -0.2) is 4.99 Å². The van der Waals surface area contributed by atoms with Gasteiger partial charge in [0.15, 0.2) is 5.17 Å². The molecular formula is C27H25N3OS2. The standard InChI is InChI=1S/C27H25N3OS2/c1-18-13-14-21(17-19(18)2)28-27-30(16-15-20-9-5-4-6-10-20)25(31)24(33-27)26-29(3)22-11-7-8-12-23(22)32-26/h4-14,17H,15-16H2,1-3H3. The molecule has 3 aromatic carbocycles. The molecule has 166 valence electrons. The summed E-state index contributed by atoms with van der Waals surface area (Å²) < 4.78 is 0. The highest BCUT2D eigenvalue weighted by molar-refractivity contribution is 8.19. The zero-order valence-electron chi connectivity index (χ0n) is 18.9. The van der Waals surface area contributed by atoms with E-state index in [0.717, 1.165) is 32.9 Å². The summed E-state index contributed by atoms with van der Waals surface area (Å²) in [6.07, 6.45) is 0.783. The Hall–Kier alpha value is -2.96. The Morgan fingerprint density at radius 3 is 2.39 bits per heavy atom. The van der Waals surface area contributed by atoms with Gasteiger partial charge in [-0.3, -0.25) is 9.69 Å². The molecule has 4 nitrogen and oxygen atoms in total. The second-order valence-corrected chi connectivity index (χ2v) is 10.2. The van der Waals surface area contributed by atoms with Gasteiger partial charge in [0, 0.05) is 18.5 Å². The Morgan fingerprint density at radius 2 is 1.64 bits per heavy atom. The molecule has 1 saturated heterocycles. The van der Waals surface area contributed by atoms with Gasteiger partial charge < -0.3 is 4.90 Å². The van der Waals surface area contributed by atoms with Crippen molar-refractivity contribution in [1.82, 2.24) is 4.90 Å². The number of aryl methyl sites for hydroxylation is 2. The van der Waals surface area contributed by atoms with E-state index < -0.39 is 0 Å².